The first kappa shape index (κ1) is 63.8. The highest BCUT2D eigenvalue weighted by atomic mass is 33.1. The molecule has 0 aromatic heterocycles. The van der Waals surface area contributed by atoms with E-state index in [0.717, 1.165) is 41.0 Å². The summed E-state index contributed by atoms with van der Waals surface area (Å²) < 4.78 is 80.6. The third-order valence-electron chi connectivity index (χ3n) is 16.1. The Morgan fingerprint density at radius 2 is 1.36 bits per heavy atom. The van der Waals surface area contributed by atoms with Crippen LogP contribution in [0.25, 0.3) is 0 Å². The number of Topliss-reactive ketones (excluding diaryl/α,β-unsaturated/α-hetero) is 1. The van der Waals surface area contributed by atoms with Crippen LogP contribution in [0.4, 0.5) is 17.1 Å². The lowest BCUT2D eigenvalue weighted by atomic mass is 9.97. The maximum absolute atomic E-state index is 14.3. The molecule has 5 aromatic rings. The summed E-state index contributed by atoms with van der Waals surface area (Å²) in [5.74, 6) is 1.19. The number of ether oxygens (including phenoxy) is 3. The maximum atomic E-state index is 14.3. The van der Waals surface area contributed by atoms with Gasteiger partial charge in [-0.2, -0.15) is 20.2 Å². The van der Waals surface area contributed by atoms with Crippen molar-refractivity contribution in [2.24, 2.45) is 0 Å². The minimum absolute atomic E-state index is 0.0189. The zero-order valence-corrected chi connectivity index (χ0v) is 52.4. The Labute approximate surface area is 514 Å². The quantitative estimate of drug-likeness (QED) is 0.0267. The Morgan fingerprint density at radius 1 is 0.744 bits per heavy atom. The summed E-state index contributed by atoms with van der Waals surface area (Å²) in [5, 5.41) is 1.50. The molecule has 5 aromatic carbocycles. The maximum Gasteiger partial charge on any atom is 0.425 e. The highest BCUT2D eigenvalue weighted by Gasteiger charge is 2.47. The predicted octanol–water partition coefficient (Wildman–Crippen LogP) is 9.56. The molecule has 0 spiro atoms. The zero-order chi connectivity index (χ0) is 61.6. The normalized spacial score (nSPS) is 18.6. The molecule has 0 bridgehead atoms. The molecule has 2 N–H and O–H groups in total. The molecule has 5 aliphatic heterocycles. The molecule has 86 heavy (non-hydrogen) atoms. The van der Waals surface area contributed by atoms with E-state index in [1.54, 1.807) is 59.0 Å². The number of benzene rings is 5. The van der Waals surface area contributed by atoms with Gasteiger partial charge < -0.3 is 29.3 Å². The van der Waals surface area contributed by atoms with Crippen molar-refractivity contribution in [3.63, 3.8) is 0 Å². The summed E-state index contributed by atoms with van der Waals surface area (Å²) in [6.07, 6.45) is 7.15. The van der Waals surface area contributed by atoms with E-state index < -0.39 is 32.0 Å². The number of fused-ring (bicyclic) bond motifs is 8. The molecule has 24 heteroatoms. The molecule has 1 saturated heterocycles. The van der Waals surface area contributed by atoms with Gasteiger partial charge in [0, 0.05) is 77.0 Å². The Hall–Kier alpha value is -6.70. The smallest absolute Gasteiger partial charge is 0.425 e. The van der Waals surface area contributed by atoms with Crippen molar-refractivity contribution in [3.8, 4) is 17.2 Å². The number of nitrogens with one attached hydrogen (secondary N) is 1. The Bertz CT molecular complexity index is 3700. The fourth-order valence-electron chi connectivity index (χ4n) is 11.9. The van der Waals surface area contributed by atoms with E-state index in [9.17, 15) is 41.7 Å². The summed E-state index contributed by atoms with van der Waals surface area (Å²) in [7, 11) is -2.84. The van der Waals surface area contributed by atoms with Crippen molar-refractivity contribution in [1.82, 2.24) is 4.90 Å². The van der Waals surface area contributed by atoms with E-state index in [1.165, 1.54) is 21.6 Å². The number of methoxy groups -OCH3 is 1. The standard InChI is InChI=1S/C62H68N4O12S4.O3S/c1-37-24-47-43(32-56(82(73,74)75)51-29-42-13-7-9-17-50(42)66(51)60(47)71)31-52(37)77-35-38-25-39(36-78-54-30-40-18-19-45-28-41-12-6-8-16-49(41)65(45)59(70)48(40)33-53(54)76-4)27-44(26-38)63-57(68)20-21-62(2,3)81-80-23-11-15-46(67)14-10-22-64-58(69)34-55(79-5)61(64)72;1-4(2)3/h6-9,12-13,16-17,24-27,30-31,33,45,51,55-56H,10-11,14-15,18-23,28-29,32,34-36H2,1-5H3,(H,63,68)(H,73,74,75);/t45-,51+,55?,56?;/m1./s1. The molecular formula is C62H68N4O15S5. The average molecular weight is 1270 g/mol. The highest BCUT2D eigenvalue weighted by molar-refractivity contribution is 8.77. The molecule has 456 valence electrons. The molecule has 10 rings (SSSR count). The van der Waals surface area contributed by atoms with Crippen molar-refractivity contribution in [2.75, 3.05) is 40.8 Å². The number of carbonyl (C=O) groups is 6. The average Bonchev–Trinajstić information content (AvgIpc) is 1.97. The molecule has 19 nitrogen and oxygen atoms in total. The minimum atomic E-state index is -4.60. The van der Waals surface area contributed by atoms with Crippen LogP contribution in [-0.4, -0.2) is 119 Å². The summed E-state index contributed by atoms with van der Waals surface area (Å²) in [4.78, 5) is 84.3. The number of amides is 5. The second-order valence-corrected chi connectivity index (χ2v) is 28.8. The van der Waals surface area contributed by atoms with Crippen LogP contribution in [0.2, 0.25) is 0 Å². The lowest BCUT2D eigenvalue weighted by Crippen LogP contribution is -2.47. The first-order chi connectivity index (χ1) is 41.0. The van der Waals surface area contributed by atoms with Crippen LogP contribution in [0.5, 0.6) is 17.2 Å². The van der Waals surface area contributed by atoms with Gasteiger partial charge in [-0.1, -0.05) is 58.0 Å². The Kier molecular flexibility index (Phi) is 20.4. The number of ketones is 1. The lowest BCUT2D eigenvalue weighted by Gasteiger charge is -2.27. The van der Waals surface area contributed by atoms with Gasteiger partial charge in [0.05, 0.1) is 18.4 Å². The van der Waals surface area contributed by atoms with Crippen LogP contribution < -0.4 is 29.3 Å². The number of imide groups is 1. The van der Waals surface area contributed by atoms with Crippen molar-refractivity contribution in [3.05, 3.63) is 141 Å². The van der Waals surface area contributed by atoms with E-state index in [4.69, 9.17) is 26.8 Å². The van der Waals surface area contributed by atoms with Crippen molar-refractivity contribution in [1.29, 1.82) is 0 Å². The van der Waals surface area contributed by atoms with Crippen LogP contribution in [0.1, 0.15) is 125 Å². The third kappa shape index (κ3) is 15.0. The molecule has 4 atom stereocenters. The van der Waals surface area contributed by atoms with Crippen LogP contribution >= 0.6 is 33.3 Å². The second kappa shape index (κ2) is 27.6. The van der Waals surface area contributed by atoms with Crippen LogP contribution in [0.3, 0.4) is 0 Å². The van der Waals surface area contributed by atoms with Crippen molar-refractivity contribution in [2.45, 2.75) is 138 Å². The van der Waals surface area contributed by atoms with Gasteiger partial charge in [-0.05, 0) is 172 Å². The van der Waals surface area contributed by atoms with Gasteiger partial charge in [0.2, 0.25) is 17.7 Å². The molecule has 0 saturated carbocycles. The van der Waals surface area contributed by atoms with Crippen LogP contribution in [0.15, 0.2) is 91.0 Å². The lowest BCUT2D eigenvalue weighted by molar-refractivity contribution is -0.138. The van der Waals surface area contributed by atoms with E-state index in [-0.39, 0.29) is 96.8 Å². The fourth-order valence-corrected chi connectivity index (χ4v) is 16.2. The van der Waals surface area contributed by atoms with Crippen LogP contribution in [0, 0.1) is 6.92 Å². The number of likely N-dealkylation sites (tertiary alicyclic amines) is 1. The van der Waals surface area contributed by atoms with Gasteiger partial charge in [0.1, 0.15) is 30.0 Å². The topological polar surface area (TPSA) is 257 Å². The number of para-hydroxylation sites is 2. The van der Waals surface area contributed by atoms with E-state index in [0.29, 0.717) is 101 Å². The van der Waals surface area contributed by atoms with Gasteiger partial charge in [0.15, 0.2) is 11.5 Å². The summed E-state index contributed by atoms with van der Waals surface area (Å²) in [6, 6.07) is 27.2. The van der Waals surface area contributed by atoms with Gasteiger partial charge in [-0.25, -0.2) is 0 Å². The zero-order valence-electron chi connectivity index (χ0n) is 48.3. The molecule has 5 amide bonds. The largest absolute Gasteiger partial charge is 0.493 e. The number of carbonyl (C=O) groups excluding carboxylic acids is 6. The van der Waals surface area contributed by atoms with Crippen molar-refractivity contribution < 1.29 is 68.6 Å². The number of aryl methyl sites for hydroxylation is 2. The molecule has 0 aliphatic carbocycles. The molecular weight excluding hydrogens is 1200 g/mol. The Morgan fingerprint density at radius 3 is 2.02 bits per heavy atom. The van der Waals surface area contributed by atoms with Crippen LogP contribution in [-0.2, 0) is 78.8 Å². The van der Waals surface area contributed by atoms with Gasteiger partial charge in [0.25, 0.3) is 21.9 Å². The predicted molar refractivity (Wildman–Crippen MR) is 332 cm³/mol. The van der Waals surface area contributed by atoms with E-state index >= 15 is 0 Å². The molecule has 2 unspecified atom stereocenters. The first-order valence-corrected chi connectivity index (χ1v) is 34.4. The number of nitrogens with zero attached hydrogens (tertiary/aromatic N) is 3. The summed E-state index contributed by atoms with van der Waals surface area (Å²) >= 11 is 1.38. The van der Waals surface area contributed by atoms with Gasteiger partial charge in [-0.15, -0.1) is 12.6 Å². The molecule has 5 heterocycles. The molecule has 1 fully saturated rings. The number of thioether (sulfide) groups is 1. The Balaban J connectivity index is 0.00000214. The number of anilines is 3. The minimum Gasteiger partial charge on any atom is -0.493 e. The number of hydrogen-bond acceptors (Lipinski definition) is 17. The molecule has 0 radical (unpaired) electrons. The second-order valence-electron chi connectivity index (χ2n) is 22.6. The van der Waals surface area contributed by atoms with Gasteiger partial charge in [-0.3, -0.25) is 38.2 Å². The molecule has 5 aliphatic rings. The highest BCUT2D eigenvalue weighted by Crippen LogP contribution is 2.44. The SMILES string of the molecule is COc1cc2c(cc1OCc1cc(COc3cc4c(cc3C)C(=O)N3c5ccccc5C[C@H]3C(S(=O)(=O)O)C4)cc(NC(=O)CCC(C)(C)SSCCCC(=O)CCCN3C(=O)CC(SC)C3=O)c1)CC[C@@H]1Cc3ccccc3N1C2=O.O=S(=O)=O. The number of hydrogen-bond donors (Lipinski definition) is 2. The third-order valence-corrected chi connectivity index (χ3v) is 21.7. The van der Waals surface area contributed by atoms with E-state index in [1.807, 2.05) is 72.7 Å². The fraction of sp³-hybridized carbons (Fsp3) is 0.419. The monoisotopic (exact) mass is 1270 g/mol. The van der Waals surface area contributed by atoms with Gasteiger partial charge >= 0.3 is 10.6 Å². The summed E-state index contributed by atoms with van der Waals surface area (Å²) in [6.45, 7) is 6.34. The summed E-state index contributed by atoms with van der Waals surface area (Å²) in [5.41, 5.74) is 8.32. The van der Waals surface area contributed by atoms with Crippen molar-refractivity contribution >= 4 is 106 Å². The van der Waals surface area contributed by atoms with E-state index in [2.05, 4.69) is 25.2 Å². The first-order valence-electron chi connectivity index (χ1n) is 28.3. The number of rotatable bonds is 23.